The van der Waals surface area contributed by atoms with E-state index in [0.29, 0.717) is 30.2 Å². The van der Waals surface area contributed by atoms with Crippen LogP contribution in [0.4, 0.5) is 5.69 Å². The zero-order valence-corrected chi connectivity index (χ0v) is 13.3. The smallest absolute Gasteiger partial charge is 0.245 e. The predicted octanol–water partition coefficient (Wildman–Crippen LogP) is 2.93. The minimum atomic E-state index is -3.42. The molecule has 1 N–H and O–H groups in total. The van der Waals surface area contributed by atoms with Crippen molar-refractivity contribution in [1.82, 2.24) is 4.31 Å². The summed E-state index contributed by atoms with van der Waals surface area (Å²) in [6.45, 7) is 8.14. The fraction of sp³-hybridized carbons (Fsp3) is 0.600. The van der Waals surface area contributed by atoms with E-state index in [9.17, 15) is 8.42 Å². The molecule has 0 unspecified atom stereocenters. The molecule has 1 aromatic rings. The maximum absolute atomic E-state index is 12.9. The van der Waals surface area contributed by atoms with Crippen molar-refractivity contribution in [3.05, 3.63) is 24.3 Å². The van der Waals surface area contributed by atoms with Crippen LogP contribution in [0.15, 0.2) is 29.2 Å². The quantitative estimate of drug-likeness (QED) is 0.929. The molecule has 1 fully saturated rings. The second kappa shape index (κ2) is 5.74. The summed E-state index contributed by atoms with van der Waals surface area (Å²) in [5.74, 6) is 0. The Hall–Kier alpha value is -1.07. The Morgan fingerprint density at radius 3 is 2.65 bits per heavy atom. The topological polar surface area (TPSA) is 49.4 Å². The highest BCUT2D eigenvalue weighted by Crippen LogP contribution is 2.33. The maximum atomic E-state index is 12.9. The van der Waals surface area contributed by atoms with Gasteiger partial charge in [-0.25, -0.2) is 8.42 Å². The summed E-state index contributed by atoms with van der Waals surface area (Å²) in [5, 5.41) is 3.14. The molecule has 4 nitrogen and oxygen atoms in total. The van der Waals surface area contributed by atoms with Gasteiger partial charge in [0.15, 0.2) is 0 Å². The molecule has 0 aliphatic carbocycles. The van der Waals surface area contributed by atoms with E-state index in [0.717, 1.165) is 12.8 Å². The standard InChI is InChI=1S/C15H24N2O2S/c1-4-16-13-8-5-6-9-14(13)20(18,19)17-11-7-10-15(2,3)12-17/h5-6,8-9,16H,4,7,10-12H2,1-3H3. The van der Waals surface area contributed by atoms with Gasteiger partial charge in [-0.2, -0.15) is 4.31 Å². The van der Waals surface area contributed by atoms with Crippen LogP contribution in [0.1, 0.15) is 33.6 Å². The molecule has 0 bridgehead atoms. The molecular formula is C15H24N2O2S. The molecule has 112 valence electrons. The number of nitrogens with one attached hydrogen (secondary N) is 1. The molecule has 2 rings (SSSR count). The van der Waals surface area contributed by atoms with Crippen molar-refractivity contribution in [1.29, 1.82) is 0 Å². The van der Waals surface area contributed by atoms with Crippen LogP contribution in [0.2, 0.25) is 0 Å². The van der Waals surface area contributed by atoms with Crippen LogP contribution >= 0.6 is 0 Å². The van der Waals surface area contributed by atoms with E-state index in [1.807, 2.05) is 19.1 Å². The normalized spacial score (nSPS) is 19.8. The molecule has 1 aromatic carbocycles. The minimum absolute atomic E-state index is 0.0540. The van der Waals surface area contributed by atoms with Crippen LogP contribution < -0.4 is 5.32 Å². The lowest BCUT2D eigenvalue weighted by Crippen LogP contribution is -2.43. The third-order valence-electron chi connectivity index (χ3n) is 3.74. The molecule has 0 saturated carbocycles. The number of nitrogens with zero attached hydrogens (tertiary/aromatic N) is 1. The zero-order valence-electron chi connectivity index (χ0n) is 12.5. The molecule has 1 aliphatic rings. The van der Waals surface area contributed by atoms with Crippen LogP contribution in [0.3, 0.4) is 0 Å². The molecule has 5 heteroatoms. The molecule has 1 heterocycles. The Morgan fingerprint density at radius 2 is 2.00 bits per heavy atom. The SMILES string of the molecule is CCNc1ccccc1S(=O)(=O)N1CCCC(C)(C)C1. The van der Waals surface area contributed by atoms with E-state index in [2.05, 4.69) is 19.2 Å². The second-order valence-corrected chi connectivity index (χ2v) is 8.04. The van der Waals surface area contributed by atoms with E-state index < -0.39 is 10.0 Å². The summed E-state index contributed by atoms with van der Waals surface area (Å²) in [5.41, 5.74) is 0.747. The molecule has 1 saturated heterocycles. The number of rotatable bonds is 4. The Bertz CT molecular complexity index is 567. The maximum Gasteiger partial charge on any atom is 0.245 e. The van der Waals surface area contributed by atoms with Crippen molar-refractivity contribution < 1.29 is 8.42 Å². The number of piperidine rings is 1. The van der Waals surface area contributed by atoms with Crippen molar-refractivity contribution in [3.8, 4) is 0 Å². The van der Waals surface area contributed by atoms with Crippen molar-refractivity contribution >= 4 is 15.7 Å². The van der Waals surface area contributed by atoms with Crippen LogP contribution in [0, 0.1) is 5.41 Å². The van der Waals surface area contributed by atoms with Gasteiger partial charge >= 0.3 is 0 Å². The fourth-order valence-corrected chi connectivity index (χ4v) is 4.58. The molecule has 0 atom stereocenters. The average molecular weight is 296 g/mol. The van der Waals surface area contributed by atoms with Crippen molar-refractivity contribution in [2.24, 2.45) is 5.41 Å². The summed E-state index contributed by atoms with van der Waals surface area (Å²) in [7, 11) is -3.42. The third-order valence-corrected chi connectivity index (χ3v) is 5.64. The lowest BCUT2D eigenvalue weighted by molar-refractivity contribution is 0.187. The van der Waals surface area contributed by atoms with Crippen LogP contribution in [-0.2, 0) is 10.0 Å². The van der Waals surface area contributed by atoms with E-state index in [4.69, 9.17) is 0 Å². The van der Waals surface area contributed by atoms with E-state index >= 15 is 0 Å². The highest BCUT2D eigenvalue weighted by Gasteiger charge is 2.34. The lowest BCUT2D eigenvalue weighted by Gasteiger charge is -2.37. The third kappa shape index (κ3) is 3.15. The predicted molar refractivity (Wildman–Crippen MR) is 82.4 cm³/mol. The van der Waals surface area contributed by atoms with E-state index in [1.165, 1.54) is 0 Å². The number of sulfonamides is 1. The van der Waals surface area contributed by atoms with Gasteiger partial charge in [-0.15, -0.1) is 0 Å². The van der Waals surface area contributed by atoms with Crippen LogP contribution in [0.25, 0.3) is 0 Å². The molecule has 0 radical (unpaired) electrons. The first-order valence-corrected chi connectivity index (χ1v) is 8.64. The average Bonchev–Trinajstić information content (AvgIpc) is 2.38. The second-order valence-electron chi connectivity index (χ2n) is 6.13. The van der Waals surface area contributed by atoms with Crippen LogP contribution in [-0.4, -0.2) is 32.4 Å². The number of benzene rings is 1. The molecule has 0 spiro atoms. The minimum Gasteiger partial charge on any atom is -0.384 e. The van der Waals surface area contributed by atoms with Gasteiger partial charge < -0.3 is 5.32 Å². The molecule has 0 amide bonds. The first-order valence-electron chi connectivity index (χ1n) is 7.20. The van der Waals surface area contributed by atoms with Gasteiger partial charge in [0.05, 0.1) is 5.69 Å². The Morgan fingerprint density at radius 1 is 1.30 bits per heavy atom. The largest absolute Gasteiger partial charge is 0.384 e. The monoisotopic (exact) mass is 296 g/mol. The number of hydrogen-bond acceptors (Lipinski definition) is 3. The summed E-state index contributed by atoms with van der Waals surface area (Å²) in [4.78, 5) is 0.388. The fourth-order valence-electron chi connectivity index (χ4n) is 2.74. The Kier molecular flexibility index (Phi) is 4.39. The van der Waals surface area contributed by atoms with Gasteiger partial charge in [-0.05, 0) is 37.3 Å². The summed E-state index contributed by atoms with van der Waals surface area (Å²) >= 11 is 0. The molecular weight excluding hydrogens is 272 g/mol. The van der Waals surface area contributed by atoms with E-state index in [1.54, 1.807) is 16.4 Å². The molecule has 1 aliphatic heterocycles. The van der Waals surface area contributed by atoms with Gasteiger partial charge in [0.1, 0.15) is 4.90 Å². The number of hydrogen-bond donors (Lipinski definition) is 1. The Balaban J connectivity index is 2.35. The van der Waals surface area contributed by atoms with Crippen LogP contribution in [0.5, 0.6) is 0 Å². The highest BCUT2D eigenvalue weighted by atomic mass is 32.2. The highest BCUT2D eigenvalue weighted by molar-refractivity contribution is 7.89. The first kappa shape index (κ1) is 15.3. The zero-order chi connectivity index (χ0) is 14.8. The first-order chi connectivity index (χ1) is 9.37. The van der Waals surface area contributed by atoms with Gasteiger partial charge in [0.25, 0.3) is 0 Å². The lowest BCUT2D eigenvalue weighted by atomic mass is 9.85. The van der Waals surface area contributed by atoms with Gasteiger partial charge in [0, 0.05) is 19.6 Å². The summed E-state index contributed by atoms with van der Waals surface area (Å²) in [6.07, 6.45) is 2.00. The van der Waals surface area contributed by atoms with Crippen molar-refractivity contribution in [2.45, 2.75) is 38.5 Å². The van der Waals surface area contributed by atoms with Crippen molar-refractivity contribution in [3.63, 3.8) is 0 Å². The van der Waals surface area contributed by atoms with Gasteiger partial charge in [0.2, 0.25) is 10.0 Å². The Labute approximate surface area is 122 Å². The number of para-hydroxylation sites is 1. The molecule has 20 heavy (non-hydrogen) atoms. The summed E-state index contributed by atoms with van der Waals surface area (Å²) in [6, 6.07) is 7.15. The van der Waals surface area contributed by atoms with E-state index in [-0.39, 0.29) is 5.41 Å². The van der Waals surface area contributed by atoms with Gasteiger partial charge in [-0.3, -0.25) is 0 Å². The summed E-state index contributed by atoms with van der Waals surface area (Å²) < 4.78 is 27.3. The molecule has 0 aromatic heterocycles. The number of anilines is 1. The van der Waals surface area contributed by atoms with Crippen molar-refractivity contribution in [2.75, 3.05) is 25.0 Å². The van der Waals surface area contributed by atoms with Gasteiger partial charge in [-0.1, -0.05) is 26.0 Å².